The standard InChI is InChI=1S/C21H29N5O3/c1-15-10-17(27)11-18(23-15)21(28)26-8-9-29-19(14-25-6-4-3-5-7-25)20(26)16-12-22-24(2)13-16/h10-13,19-20H,3-9,14H2,1-2H3,(H,23,27)/t19-,20-/m0/s1. The van der Waals surface area contributed by atoms with Gasteiger partial charge in [-0.15, -0.1) is 0 Å². The van der Waals surface area contributed by atoms with Crippen LogP contribution >= 0.6 is 0 Å². The number of nitrogens with one attached hydrogen (secondary N) is 1. The first-order valence-electron chi connectivity index (χ1n) is 10.4. The number of rotatable bonds is 4. The van der Waals surface area contributed by atoms with Gasteiger partial charge in [-0.25, -0.2) is 0 Å². The van der Waals surface area contributed by atoms with Crippen LogP contribution in [0.25, 0.3) is 0 Å². The second-order valence-electron chi connectivity index (χ2n) is 8.07. The van der Waals surface area contributed by atoms with E-state index in [4.69, 9.17) is 4.74 Å². The predicted octanol–water partition coefficient (Wildman–Crippen LogP) is 1.49. The van der Waals surface area contributed by atoms with Crippen molar-refractivity contribution in [2.24, 2.45) is 7.05 Å². The number of likely N-dealkylation sites (tertiary alicyclic amines) is 1. The van der Waals surface area contributed by atoms with Gasteiger partial charge in [0.15, 0.2) is 5.43 Å². The van der Waals surface area contributed by atoms with Gasteiger partial charge < -0.3 is 19.5 Å². The molecule has 8 nitrogen and oxygen atoms in total. The van der Waals surface area contributed by atoms with Crippen LogP contribution in [0.4, 0.5) is 0 Å². The van der Waals surface area contributed by atoms with Crippen LogP contribution < -0.4 is 5.43 Å². The monoisotopic (exact) mass is 399 g/mol. The molecule has 0 saturated carbocycles. The molecule has 8 heteroatoms. The zero-order chi connectivity index (χ0) is 20.4. The number of piperidine rings is 1. The number of ether oxygens (including phenoxy) is 1. The number of aromatic amines is 1. The van der Waals surface area contributed by atoms with E-state index < -0.39 is 0 Å². The van der Waals surface area contributed by atoms with Crippen LogP contribution in [0.15, 0.2) is 29.3 Å². The summed E-state index contributed by atoms with van der Waals surface area (Å²) in [5.41, 5.74) is 1.79. The average molecular weight is 399 g/mol. The second-order valence-corrected chi connectivity index (χ2v) is 8.07. The van der Waals surface area contributed by atoms with Gasteiger partial charge in [0.05, 0.1) is 24.9 Å². The lowest BCUT2D eigenvalue weighted by Gasteiger charge is -2.43. The van der Waals surface area contributed by atoms with E-state index in [-0.39, 0.29) is 23.5 Å². The molecule has 2 aromatic heterocycles. The van der Waals surface area contributed by atoms with Crippen molar-refractivity contribution in [2.75, 3.05) is 32.8 Å². The summed E-state index contributed by atoms with van der Waals surface area (Å²) in [6, 6.07) is 2.63. The first-order chi connectivity index (χ1) is 14.0. The van der Waals surface area contributed by atoms with Crippen LogP contribution in [0.2, 0.25) is 0 Å². The Bertz CT molecular complexity index is 915. The van der Waals surface area contributed by atoms with Crippen molar-refractivity contribution >= 4 is 5.91 Å². The molecule has 2 aliphatic rings. The van der Waals surface area contributed by atoms with Gasteiger partial charge in [0.2, 0.25) is 0 Å². The summed E-state index contributed by atoms with van der Waals surface area (Å²) in [6.07, 6.45) is 7.31. The molecular weight excluding hydrogens is 370 g/mol. The van der Waals surface area contributed by atoms with E-state index in [0.29, 0.717) is 24.5 Å². The van der Waals surface area contributed by atoms with Crippen LogP contribution in [0.3, 0.4) is 0 Å². The van der Waals surface area contributed by atoms with Crippen LogP contribution in [-0.2, 0) is 11.8 Å². The van der Waals surface area contributed by atoms with Gasteiger partial charge >= 0.3 is 0 Å². The number of carbonyl (C=O) groups excluding carboxylic acids is 1. The molecule has 2 fully saturated rings. The largest absolute Gasteiger partial charge is 0.373 e. The van der Waals surface area contributed by atoms with Gasteiger partial charge in [0, 0.05) is 49.7 Å². The summed E-state index contributed by atoms with van der Waals surface area (Å²) in [4.78, 5) is 32.7. The number of H-pyrrole nitrogens is 1. The minimum Gasteiger partial charge on any atom is -0.373 e. The SMILES string of the molecule is Cc1cc(=O)cc(C(=O)N2CCO[C@@H](CN3CCCCC3)[C@@H]2c2cnn(C)c2)[nH]1. The molecular formula is C21H29N5O3. The molecule has 0 spiro atoms. The highest BCUT2D eigenvalue weighted by Crippen LogP contribution is 2.31. The van der Waals surface area contributed by atoms with Gasteiger partial charge in [-0.2, -0.15) is 5.10 Å². The number of pyridine rings is 1. The first kappa shape index (κ1) is 19.8. The quantitative estimate of drug-likeness (QED) is 0.842. The summed E-state index contributed by atoms with van der Waals surface area (Å²) < 4.78 is 7.93. The Balaban J connectivity index is 1.64. The van der Waals surface area contributed by atoms with Crippen LogP contribution in [0.5, 0.6) is 0 Å². The molecule has 0 aromatic carbocycles. The molecule has 29 heavy (non-hydrogen) atoms. The molecule has 0 unspecified atom stereocenters. The molecule has 0 radical (unpaired) electrons. The van der Waals surface area contributed by atoms with E-state index >= 15 is 0 Å². The highest BCUT2D eigenvalue weighted by molar-refractivity contribution is 5.92. The fraction of sp³-hybridized carbons (Fsp3) is 0.571. The number of aryl methyl sites for hydroxylation is 2. The molecule has 1 N–H and O–H groups in total. The number of aromatic nitrogens is 3. The Morgan fingerprint density at radius 3 is 2.72 bits per heavy atom. The maximum atomic E-state index is 13.4. The smallest absolute Gasteiger partial charge is 0.271 e. The van der Waals surface area contributed by atoms with E-state index in [1.165, 1.54) is 31.4 Å². The zero-order valence-corrected chi connectivity index (χ0v) is 17.1. The number of morpholine rings is 1. The van der Waals surface area contributed by atoms with Gasteiger partial charge in [-0.05, 0) is 32.9 Å². The molecule has 2 aliphatic heterocycles. The van der Waals surface area contributed by atoms with Crippen molar-refractivity contribution in [3.8, 4) is 0 Å². The van der Waals surface area contributed by atoms with Crippen molar-refractivity contribution in [1.82, 2.24) is 24.6 Å². The minimum atomic E-state index is -0.240. The molecule has 2 aromatic rings. The second kappa shape index (κ2) is 8.51. The first-order valence-corrected chi connectivity index (χ1v) is 10.4. The Hall–Kier alpha value is -2.45. The lowest BCUT2D eigenvalue weighted by molar-refractivity contribution is -0.0743. The van der Waals surface area contributed by atoms with E-state index in [2.05, 4.69) is 15.0 Å². The Morgan fingerprint density at radius 2 is 2.03 bits per heavy atom. The summed E-state index contributed by atoms with van der Waals surface area (Å²) >= 11 is 0. The normalized spacial score (nSPS) is 23.3. The minimum absolute atomic E-state index is 0.133. The lowest BCUT2D eigenvalue weighted by atomic mass is 9.99. The zero-order valence-electron chi connectivity index (χ0n) is 17.1. The highest BCUT2D eigenvalue weighted by Gasteiger charge is 2.38. The van der Waals surface area contributed by atoms with E-state index in [1.54, 1.807) is 11.6 Å². The maximum absolute atomic E-state index is 13.4. The van der Waals surface area contributed by atoms with Crippen molar-refractivity contribution in [2.45, 2.75) is 38.3 Å². The highest BCUT2D eigenvalue weighted by atomic mass is 16.5. The summed E-state index contributed by atoms with van der Waals surface area (Å²) in [7, 11) is 1.87. The Labute approximate surface area is 170 Å². The molecule has 156 valence electrons. The molecule has 2 atom stereocenters. The van der Waals surface area contributed by atoms with Crippen molar-refractivity contribution < 1.29 is 9.53 Å². The number of nitrogens with zero attached hydrogens (tertiary/aromatic N) is 4. The average Bonchev–Trinajstić information content (AvgIpc) is 3.13. The predicted molar refractivity (Wildman–Crippen MR) is 109 cm³/mol. The molecule has 4 heterocycles. The summed E-state index contributed by atoms with van der Waals surface area (Å²) in [5, 5.41) is 4.32. The maximum Gasteiger partial charge on any atom is 0.271 e. The number of hydrogen-bond acceptors (Lipinski definition) is 5. The molecule has 2 saturated heterocycles. The Morgan fingerprint density at radius 1 is 1.24 bits per heavy atom. The Kier molecular flexibility index (Phi) is 5.82. The number of hydrogen-bond donors (Lipinski definition) is 1. The van der Waals surface area contributed by atoms with Gasteiger partial charge in [-0.1, -0.05) is 6.42 Å². The van der Waals surface area contributed by atoms with Crippen molar-refractivity contribution in [3.63, 3.8) is 0 Å². The van der Waals surface area contributed by atoms with E-state index in [0.717, 1.165) is 25.2 Å². The third kappa shape index (κ3) is 4.43. The third-order valence-corrected chi connectivity index (χ3v) is 5.77. The van der Waals surface area contributed by atoms with Crippen molar-refractivity contribution in [1.29, 1.82) is 0 Å². The molecule has 0 bridgehead atoms. The molecule has 4 rings (SSSR count). The van der Waals surface area contributed by atoms with E-state index in [9.17, 15) is 9.59 Å². The van der Waals surface area contributed by atoms with Crippen LogP contribution in [0.1, 0.15) is 47.1 Å². The summed E-state index contributed by atoms with van der Waals surface area (Å²) in [5.74, 6) is -0.174. The fourth-order valence-electron chi connectivity index (χ4n) is 4.45. The van der Waals surface area contributed by atoms with Gasteiger partial charge in [0.1, 0.15) is 5.69 Å². The summed E-state index contributed by atoms with van der Waals surface area (Å²) in [6.45, 7) is 5.67. The topological polar surface area (TPSA) is 83.5 Å². The van der Waals surface area contributed by atoms with E-state index in [1.807, 2.05) is 24.3 Å². The van der Waals surface area contributed by atoms with Crippen LogP contribution in [0, 0.1) is 6.92 Å². The fourth-order valence-corrected chi connectivity index (χ4v) is 4.45. The third-order valence-electron chi connectivity index (χ3n) is 5.77. The van der Waals surface area contributed by atoms with Crippen LogP contribution in [-0.4, -0.2) is 69.4 Å². The van der Waals surface area contributed by atoms with Gasteiger partial charge in [0.25, 0.3) is 5.91 Å². The number of amides is 1. The van der Waals surface area contributed by atoms with Crippen molar-refractivity contribution in [3.05, 3.63) is 51.7 Å². The van der Waals surface area contributed by atoms with Gasteiger partial charge in [-0.3, -0.25) is 14.3 Å². The number of carbonyl (C=O) groups is 1. The molecule has 0 aliphatic carbocycles. The lowest BCUT2D eigenvalue weighted by Crippen LogP contribution is -2.52. The molecule has 1 amide bonds.